The zero-order chi connectivity index (χ0) is 17.8. The molecular weight excluding hydrogens is 344 g/mol. The Hall–Kier alpha value is -2.47. The van der Waals surface area contributed by atoms with Gasteiger partial charge in [0.25, 0.3) is 0 Å². The number of para-hydroxylation sites is 1. The SMILES string of the molecule is O=C(CCc1nc2ccccc2s1)NCc1ccnc(N2CCCC2)c1. The summed E-state index contributed by atoms with van der Waals surface area (Å²) >= 11 is 1.66. The normalized spacial score (nSPS) is 14.1. The molecule has 3 heterocycles. The van der Waals surface area contributed by atoms with Crippen molar-refractivity contribution in [1.82, 2.24) is 15.3 Å². The van der Waals surface area contributed by atoms with Gasteiger partial charge in [0.2, 0.25) is 5.91 Å². The number of hydrogen-bond acceptors (Lipinski definition) is 5. The Bertz CT molecular complexity index is 868. The predicted octanol–water partition coefficient (Wildman–Crippen LogP) is 3.54. The van der Waals surface area contributed by atoms with Gasteiger partial charge in [-0.05, 0) is 42.7 Å². The molecule has 5 nitrogen and oxygen atoms in total. The summed E-state index contributed by atoms with van der Waals surface area (Å²) in [7, 11) is 0. The van der Waals surface area contributed by atoms with E-state index in [1.54, 1.807) is 11.3 Å². The Morgan fingerprint density at radius 1 is 1.19 bits per heavy atom. The Balaban J connectivity index is 1.29. The molecule has 6 heteroatoms. The molecule has 1 amide bonds. The Morgan fingerprint density at radius 3 is 2.88 bits per heavy atom. The molecule has 1 saturated heterocycles. The van der Waals surface area contributed by atoms with Gasteiger partial charge >= 0.3 is 0 Å². The number of anilines is 1. The number of rotatable bonds is 6. The van der Waals surface area contributed by atoms with Crippen LogP contribution in [0.15, 0.2) is 42.6 Å². The van der Waals surface area contributed by atoms with Crippen LogP contribution in [-0.4, -0.2) is 29.0 Å². The van der Waals surface area contributed by atoms with Crippen LogP contribution in [0.3, 0.4) is 0 Å². The number of nitrogens with zero attached hydrogens (tertiary/aromatic N) is 3. The molecule has 3 aromatic rings. The molecule has 0 radical (unpaired) electrons. The average Bonchev–Trinajstić information content (AvgIpc) is 3.34. The number of pyridine rings is 1. The number of hydrogen-bond donors (Lipinski definition) is 1. The molecule has 0 spiro atoms. The van der Waals surface area contributed by atoms with Crippen LogP contribution in [0.25, 0.3) is 10.2 Å². The van der Waals surface area contributed by atoms with Gasteiger partial charge < -0.3 is 10.2 Å². The molecule has 0 aliphatic carbocycles. The van der Waals surface area contributed by atoms with E-state index in [1.165, 1.54) is 17.5 Å². The zero-order valence-corrected chi connectivity index (χ0v) is 15.5. The van der Waals surface area contributed by atoms with Crippen LogP contribution < -0.4 is 10.2 Å². The second-order valence-electron chi connectivity index (χ2n) is 6.57. The molecule has 134 valence electrons. The lowest BCUT2D eigenvalue weighted by atomic mass is 10.2. The van der Waals surface area contributed by atoms with Crippen molar-refractivity contribution in [2.75, 3.05) is 18.0 Å². The summed E-state index contributed by atoms with van der Waals surface area (Å²) in [6.07, 6.45) is 5.43. The lowest BCUT2D eigenvalue weighted by Crippen LogP contribution is -2.24. The number of carbonyl (C=O) groups excluding carboxylic acids is 1. The summed E-state index contributed by atoms with van der Waals surface area (Å²) in [6, 6.07) is 12.1. The minimum Gasteiger partial charge on any atom is -0.357 e. The average molecular weight is 366 g/mol. The topological polar surface area (TPSA) is 58.1 Å². The van der Waals surface area contributed by atoms with Crippen molar-refractivity contribution in [1.29, 1.82) is 0 Å². The van der Waals surface area contributed by atoms with Crippen LogP contribution in [0.5, 0.6) is 0 Å². The predicted molar refractivity (Wildman–Crippen MR) is 105 cm³/mol. The Kier molecular flexibility index (Phi) is 5.11. The highest BCUT2D eigenvalue weighted by Gasteiger charge is 2.13. The molecule has 1 fully saturated rings. The molecule has 4 rings (SSSR count). The van der Waals surface area contributed by atoms with E-state index in [2.05, 4.69) is 32.3 Å². The molecule has 0 atom stereocenters. The van der Waals surface area contributed by atoms with Crippen molar-refractivity contribution in [2.24, 2.45) is 0 Å². The molecule has 0 saturated carbocycles. The van der Waals surface area contributed by atoms with Crippen molar-refractivity contribution in [3.63, 3.8) is 0 Å². The van der Waals surface area contributed by atoms with Gasteiger partial charge in [-0.3, -0.25) is 4.79 Å². The van der Waals surface area contributed by atoms with Gasteiger partial charge in [-0.2, -0.15) is 0 Å². The van der Waals surface area contributed by atoms with Crippen LogP contribution in [0.2, 0.25) is 0 Å². The number of benzene rings is 1. The summed E-state index contributed by atoms with van der Waals surface area (Å²) < 4.78 is 1.18. The smallest absolute Gasteiger partial charge is 0.220 e. The highest BCUT2D eigenvalue weighted by molar-refractivity contribution is 7.18. The molecule has 26 heavy (non-hydrogen) atoms. The van der Waals surface area contributed by atoms with Gasteiger partial charge in [-0.15, -0.1) is 11.3 Å². The summed E-state index contributed by atoms with van der Waals surface area (Å²) in [5, 5.41) is 4.03. The van der Waals surface area contributed by atoms with Crippen LogP contribution in [0.4, 0.5) is 5.82 Å². The van der Waals surface area contributed by atoms with E-state index >= 15 is 0 Å². The quantitative estimate of drug-likeness (QED) is 0.725. The van der Waals surface area contributed by atoms with E-state index in [0.717, 1.165) is 35.0 Å². The monoisotopic (exact) mass is 366 g/mol. The minimum absolute atomic E-state index is 0.0591. The van der Waals surface area contributed by atoms with E-state index in [1.807, 2.05) is 30.5 Å². The Labute approximate surface area is 157 Å². The molecule has 1 aliphatic rings. The molecule has 1 aromatic carbocycles. The maximum Gasteiger partial charge on any atom is 0.220 e. The van der Waals surface area contributed by atoms with Crippen molar-refractivity contribution in [3.05, 3.63) is 53.2 Å². The summed E-state index contributed by atoms with van der Waals surface area (Å²) in [4.78, 5) is 23.5. The number of fused-ring (bicyclic) bond motifs is 1. The number of nitrogens with one attached hydrogen (secondary N) is 1. The van der Waals surface area contributed by atoms with E-state index in [4.69, 9.17) is 0 Å². The van der Waals surface area contributed by atoms with Crippen molar-refractivity contribution < 1.29 is 4.79 Å². The standard InChI is InChI=1S/C20H22N4OS/c25-19(7-8-20-23-16-5-1-2-6-17(16)26-20)22-14-15-9-10-21-18(13-15)24-11-3-4-12-24/h1-2,5-6,9-10,13H,3-4,7-8,11-12,14H2,(H,22,25). The van der Waals surface area contributed by atoms with Gasteiger partial charge in [0, 0.05) is 38.7 Å². The third kappa shape index (κ3) is 4.02. The summed E-state index contributed by atoms with van der Waals surface area (Å²) in [6.45, 7) is 2.69. The maximum atomic E-state index is 12.2. The number of thiazole rings is 1. The molecule has 1 aliphatic heterocycles. The zero-order valence-electron chi connectivity index (χ0n) is 14.6. The third-order valence-corrected chi connectivity index (χ3v) is 5.73. The fourth-order valence-electron chi connectivity index (χ4n) is 3.23. The first-order chi connectivity index (χ1) is 12.8. The number of aryl methyl sites for hydroxylation is 1. The largest absolute Gasteiger partial charge is 0.357 e. The number of aromatic nitrogens is 2. The third-order valence-electron chi connectivity index (χ3n) is 4.63. The van der Waals surface area contributed by atoms with Gasteiger partial charge in [0.05, 0.1) is 15.2 Å². The second-order valence-corrected chi connectivity index (χ2v) is 7.68. The lowest BCUT2D eigenvalue weighted by Gasteiger charge is -2.17. The fourth-order valence-corrected chi connectivity index (χ4v) is 4.19. The first-order valence-corrected chi connectivity index (χ1v) is 9.90. The highest BCUT2D eigenvalue weighted by atomic mass is 32.1. The maximum absolute atomic E-state index is 12.2. The van der Waals surface area contributed by atoms with Gasteiger partial charge in [0.1, 0.15) is 5.82 Å². The summed E-state index contributed by atoms with van der Waals surface area (Å²) in [5.74, 6) is 1.08. The highest BCUT2D eigenvalue weighted by Crippen LogP contribution is 2.22. The van der Waals surface area contributed by atoms with Crippen molar-refractivity contribution in [3.8, 4) is 0 Å². The lowest BCUT2D eigenvalue weighted by molar-refractivity contribution is -0.121. The minimum atomic E-state index is 0.0591. The fraction of sp³-hybridized carbons (Fsp3) is 0.350. The molecule has 2 aromatic heterocycles. The number of amides is 1. The first-order valence-electron chi connectivity index (χ1n) is 9.09. The molecule has 0 bridgehead atoms. The van der Waals surface area contributed by atoms with Crippen molar-refractivity contribution >= 4 is 33.3 Å². The van der Waals surface area contributed by atoms with E-state index in [-0.39, 0.29) is 5.91 Å². The first kappa shape index (κ1) is 17.0. The summed E-state index contributed by atoms with van der Waals surface area (Å²) in [5.41, 5.74) is 2.11. The molecular formula is C20H22N4OS. The van der Waals surface area contributed by atoms with Crippen LogP contribution in [-0.2, 0) is 17.8 Å². The Morgan fingerprint density at radius 2 is 2.04 bits per heavy atom. The van der Waals surface area contributed by atoms with Crippen LogP contribution in [0.1, 0.15) is 29.8 Å². The second kappa shape index (κ2) is 7.83. The van der Waals surface area contributed by atoms with Gasteiger partial charge in [-0.25, -0.2) is 9.97 Å². The van der Waals surface area contributed by atoms with E-state index < -0.39 is 0 Å². The van der Waals surface area contributed by atoms with Crippen LogP contribution >= 0.6 is 11.3 Å². The van der Waals surface area contributed by atoms with Gasteiger partial charge in [0.15, 0.2) is 0 Å². The van der Waals surface area contributed by atoms with E-state index in [9.17, 15) is 4.79 Å². The number of carbonyl (C=O) groups is 1. The molecule has 0 unspecified atom stereocenters. The van der Waals surface area contributed by atoms with Crippen LogP contribution in [0, 0.1) is 0 Å². The van der Waals surface area contributed by atoms with Crippen molar-refractivity contribution in [2.45, 2.75) is 32.2 Å². The van der Waals surface area contributed by atoms with E-state index in [0.29, 0.717) is 19.4 Å². The molecule has 1 N–H and O–H groups in total. The van der Waals surface area contributed by atoms with Gasteiger partial charge in [-0.1, -0.05) is 12.1 Å².